The molecule has 0 bridgehead atoms. The summed E-state index contributed by atoms with van der Waals surface area (Å²) < 4.78 is 1.99. The van der Waals surface area contributed by atoms with Crippen LogP contribution in [0.1, 0.15) is 17.8 Å². The minimum atomic E-state index is 0.615. The molecule has 0 aliphatic carbocycles. The first kappa shape index (κ1) is 14.8. The Morgan fingerprint density at radius 2 is 2.08 bits per heavy atom. The highest BCUT2D eigenvalue weighted by atomic mass is 15.4. The van der Waals surface area contributed by atoms with E-state index in [1.54, 1.807) is 0 Å². The molecule has 0 radical (unpaired) electrons. The normalized spacial score (nSPS) is 22.7. The summed E-state index contributed by atoms with van der Waals surface area (Å²) in [6.07, 6.45) is 3.12. The summed E-state index contributed by atoms with van der Waals surface area (Å²) in [5, 5.41) is 8.55. The fraction of sp³-hybridized carbons (Fsp3) is 0.421. The van der Waals surface area contributed by atoms with Gasteiger partial charge in [0.2, 0.25) is 0 Å². The third kappa shape index (κ3) is 2.40. The zero-order valence-corrected chi connectivity index (χ0v) is 14.6. The largest absolute Gasteiger partial charge is 0.353 e. The Bertz CT molecular complexity index is 934. The van der Waals surface area contributed by atoms with Gasteiger partial charge in [-0.15, -0.1) is 5.10 Å². The molecule has 5 heterocycles. The number of aromatic nitrogens is 4. The van der Waals surface area contributed by atoms with Crippen LogP contribution in [0, 0.1) is 19.8 Å². The van der Waals surface area contributed by atoms with Gasteiger partial charge in [-0.3, -0.25) is 4.98 Å². The van der Waals surface area contributed by atoms with Crippen molar-refractivity contribution in [1.82, 2.24) is 24.9 Å². The maximum atomic E-state index is 4.94. The first-order valence-corrected chi connectivity index (χ1v) is 8.97. The minimum absolute atomic E-state index is 0.615. The van der Waals surface area contributed by atoms with E-state index in [4.69, 9.17) is 10.1 Å². The smallest absolute Gasteiger partial charge is 0.154 e. The van der Waals surface area contributed by atoms with E-state index in [-0.39, 0.29) is 0 Å². The Kier molecular flexibility index (Phi) is 3.28. The molecule has 2 aliphatic heterocycles. The highest BCUT2D eigenvalue weighted by Crippen LogP contribution is 2.30. The highest BCUT2D eigenvalue weighted by molar-refractivity contribution is 5.67. The number of pyridine rings is 1. The summed E-state index contributed by atoms with van der Waals surface area (Å²) in [5.74, 6) is 1.79. The molecule has 128 valence electrons. The number of nitrogens with one attached hydrogen (secondary N) is 1. The average molecular weight is 334 g/mol. The van der Waals surface area contributed by atoms with Gasteiger partial charge < -0.3 is 10.2 Å². The van der Waals surface area contributed by atoms with E-state index in [1.165, 1.54) is 6.42 Å². The second kappa shape index (κ2) is 5.52. The Morgan fingerprint density at radius 3 is 2.92 bits per heavy atom. The van der Waals surface area contributed by atoms with Crippen molar-refractivity contribution in [3.63, 3.8) is 0 Å². The van der Waals surface area contributed by atoms with Gasteiger partial charge in [-0.25, -0.2) is 9.50 Å². The zero-order chi connectivity index (χ0) is 17.0. The quantitative estimate of drug-likeness (QED) is 0.779. The first-order valence-electron chi connectivity index (χ1n) is 8.97. The van der Waals surface area contributed by atoms with Gasteiger partial charge in [0.15, 0.2) is 5.65 Å². The summed E-state index contributed by atoms with van der Waals surface area (Å²) in [4.78, 5) is 11.4. The molecule has 3 aromatic heterocycles. The molecule has 0 spiro atoms. The second-order valence-electron chi connectivity index (χ2n) is 7.21. The number of anilines is 1. The molecule has 6 heteroatoms. The molecule has 2 aliphatic rings. The van der Waals surface area contributed by atoms with Crippen LogP contribution >= 0.6 is 0 Å². The molecule has 2 saturated heterocycles. The molecule has 6 nitrogen and oxygen atoms in total. The van der Waals surface area contributed by atoms with E-state index in [2.05, 4.69) is 33.4 Å². The monoisotopic (exact) mass is 334 g/mol. The molecule has 2 atom stereocenters. The Balaban J connectivity index is 1.58. The molecular weight excluding hydrogens is 312 g/mol. The van der Waals surface area contributed by atoms with Crippen molar-refractivity contribution in [3.8, 4) is 11.3 Å². The third-order valence-electron chi connectivity index (χ3n) is 5.49. The van der Waals surface area contributed by atoms with Crippen LogP contribution in [-0.4, -0.2) is 45.3 Å². The van der Waals surface area contributed by atoms with Gasteiger partial charge in [-0.05, 0) is 57.0 Å². The van der Waals surface area contributed by atoms with Crippen LogP contribution < -0.4 is 10.2 Å². The van der Waals surface area contributed by atoms with Crippen LogP contribution in [0.2, 0.25) is 0 Å². The third-order valence-corrected chi connectivity index (χ3v) is 5.49. The van der Waals surface area contributed by atoms with E-state index in [0.29, 0.717) is 6.04 Å². The number of aryl methyl sites for hydroxylation is 2. The van der Waals surface area contributed by atoms with Crippen molar-refractivity contribution in [2.75, 3.05) is 24.5 Å². The lowest BCUT2D eigenvalue weighted by Gasteiger charge is -2.18. The SMILES string of the molecule is Cc1cc(-c2c(C)nc3ccc(N4CC5CCN[C@H]5C4)nn23)ccn1. The molecule has 2 fully saturated rings. The van der Waals surface area contributed by atoms with Gasteiger partial charge in [0.25, 0.3) is 0 Å². The minimum Gasteiger partial charge on any atom is -0.353 e. The van der Waals surface area contributed by atoms with Gasteiger partial charge in [0.1, 0.15) is 5.82 Å². The van der Waals surface area contributed by atoms with Crippen LogP contribution in [-0.2, 0) is 0 Å². The summed E-state index contributed by atoms with van der Waals surface area (Å²) in [6, 6.07) is 8.92. The number of hydrogen-bond acceptors (Lipinski definition) is 5. The van der Waals surface area contributed by atoms with Crippen molar-refractivity contribution in [2.24, 2.45) is 5.92 Å². The Labute approximate surface area is 146 Å². The number of fused-ring (bicyclic) bond motifs is 2. The van der Waals surface area contributed by atoms with Gasteiger partial charge in [-0.1, -0.05) is 0 Å². The molecule has 0 aromatic carbocycles. The second-order valence-corrected chi connectivity index (χ2v) is 7.21. The molecule has 0 amide bonds. The van der Waals surface area contributed by atoms with E-state index in [9.17, 15) is 0 Å². The summed E-state index contributed by atoms with van der Waals surface area (Å²) in [6.45, 7) is 7.34. The van der Waals surface area contributed by atoms with Crippen molar-refractivity contribution in [1.29, 1.82) is 0 Å². The van der Waals surface area contributed by atoms with Gasteiger partial charge in [-0.2, -0.15) is 0 Å². The maximum absolute atomic E-state index is 4.94. The van der Waals surface area contributed by atoms with Crippen molar-refractivity contribution >= 4 is 11.5 Å². The summed E-state index contributed by atoms with van der Waals surface area (Å²) in [7, 11) is 0. The lowest BCUT2D eigenvalue weighted by atomic mass is 10.1. The lowest BCUT2D eigenvalue weighted by molar-refractivity contribution is 0.556. The zero-order valence-electron chi connectivity index (χ0n) is 14.6. The Morgan fingerprint density at radius 1 is 1.16 bits per heavy atom. The highest BCUT2D eigenvalue weighted by Gasteiger charge is 2.36. The van der Waals surface area contributed by atoms with E-state index in [0.717, 1.165) is 59.7 Å². The first-order chi connectivity index (χ1) is 12.2. The molecular formula is C19H22N6. The predicted octanol–water partition coefficient (Wildman–Crippen LogP) is 2.21. The van der Waals surface area contributed by atoms with Crippen LogP contribution in [0.3, 0.4) is 0 Å². The topological polar surface area (TPSA) is 58.4 Å². The van der Waals surface area contributed by atoms with Crippen molar-refractivity contribution < 1.29 is 0 Å². The average Bonchev–Trinajstić information content (AvgIpc) is 3.25. The summed E-state index contributed by atoms with van der Waals surface area (Å²) >= 11 is 0. The molecule has 1 N–H and O–H groups in total. The number of hydrogen-bond donors (Lipinski definition) is 1. The lowest BCUT2D eigenvalue weighted by Crippen LogP contribution is -2.30. The fourth-order valence-electron chi connectivity index (χ4n) is 4.26. The standard InChI is InChI=1S/C19H22N6/c1-12-9-14(5-7-20-12)19-13(2)22-17-3-4-18(23-25(17)19)24-10-15-6-8-21-16(15)11-24/h3-5,7,9,15-16,21H,6,8,10-11H2,1-2H3/t15?,16-/m0/s1. The molecule has 5 rings (SSSR count). The predicted molar refractivity (Wildman–Crippen MR) is 97.8 cm³/mol. The summed E-state index contributed by atoms with van der Waals surface area (Å²) in [5.41, 5.74) is 5.06. The van der Waals surface area contributed by atoms with E-state index < -0.39 is 0 Å². The van der Waals surface area contributed by atoms with Gasteiger partial charge >= 0.3 is 0 Å². The molecule has 0 saturated carbocycles. The maximum Gasteiger partial charge on any atom is 0.154 e. The molecule has 25 heavy (non-hydrogen) atoms. The van der Waals surface area contributed by atoms with Crippen molar-refractivity contribution in [3.05, 3.63) is 41.9 Å². The number of imidazole rings is 1. The van der Waals surface area contributed by atoms with Gasteiger partial charge in [0.05, 0.1) is 11.4 Å². The van der Waals surface area contributed by atoms with Crippen molar-refractivity contribution in [2.45, 2.75) is 26.3 Å². The van der Waals surface area contributed by atoms with Crippen LogP contribution in [0.4, 0.5) is 5.82 Å². The number of nitrogens with zero attached hydrogens (tertiary/aromatic N) is 5. The van der Waals surface area contributed by atoms with Crippen LogP contribution in [0.5, 0.6) is 0 Å². The molecule has 1 unspecified atom stereocenters. The van der Waals surface area contributed by atoms with E-state index in [1.807, 2.05) is 30.6 Å². The van der Waals surface area contributed by atoms with Crippen LogP contribution in [0.25, 0.3) is 16.9 Å². The fourth-order valence-corrected chi connectivity index (χ4v) is 4.26. The van der Waals surface area contributed by atoms with E-state index >= 15 is 0 Å². The number of rotatable bonds is 2. The Hall–Kier alpha value is -2.47. The molecule has 3 aromatic rings. The van der Waals surface area contributed by atoms with Crippen LogP contribution in [0.15, 0.2) is 30.5 Å². The van der Waals surface area contributed by atoms with Gasteiger partial charge in [0, 0.05) is 36.6 Å².